The number of hydrogen-bond donors (Lipinski definition) is 1. The molecule has 0 bridgehead atoms. The number of nitrogens with zero attached hydrogens (tertiary/aromatic N) is 3. The molecule has 1 aromatic heterocycles. The van der Waals surface area contributed by atoms with Crippen molar-refractivity contribution in [2.75, 3.05) is 13.1 Å². The minimum absolute atomic E-state index is 0.397. The molecule has 1 unspecified atom stereocenters. The predicted octanol–water partition coefficient (Wildman–Crippen LogP) is 2.57. The number of piperazine rings is 1. The van der Waals surface area contributed by atoms with Crippen molar-refractivity contribution in [1.82, 2.24) is 20.0 Å². The van der Waals surface area contributed by atoms with Crippen molar-refractivity contribution in [1.29, 1.82) is 0 Å². The van der Waals surface area contributed by atoms with Crippen molar-refractivity contribution in [3.8, 4) is 0 Å². The molecule has 1 aliphatic heterocycles. The third-order valence-corrected chi connectivity index (χ3v) is 5.02. The lowest BCUT2D eigenvalue weighted by atomic mass is 9.91. The quantitative estimate of drug-likeness (QED) is 0.921. The highest BCUT2D eigenvalue weighted by atomic mass is 15.3. The van der Waals surface area contributed by atoms with Crippen molar-refractivity contribution in [3.63, 3.8) is 0 Å². The molecule has 1 N–H and O–H groups in total. The molecule has 1 spiro atoms. The third-order valence-electron chi connectivity index (χ3n) is 5.02. The van der Waals surface area contributed by atoms with Gasteiger partial charge < -0.3 is 5.32 Å². The van der Waals surface area contributed by atoms with Gasteiger partial charge in [0.25, 0.3) is 0 Å². The Bertz CT molecular complexity index is 445. The average molecular weight is 276 g/mol. The standard InChI is InChI=1S/C16H28N4/c1-13(2)20-9-6-15(18-20)11-19-10-14(3)17-12-16(19)7-4-5-8-16/h6,9,13-14,17H,4-5,7-8,10-12H2,1-3H3. The molecule has 0 radical (unpaired) electrons. The molecule has 2 fully saturated rings. The van der Waals surface area contributed by atoms with Crippen LogP contribution in [0.5, 0.6) is 0 Å². The van der Waals surface area contributed by atoms with Crippen LogP contribution < -0.4 is 5.32 Å². The Morgan fingerprint density at radius 3 is 2.80 bits per heavy atom. The first kappa shape index (κ1) is 14.1. The first-order valence-electron chi connectivity index (χ1n) is 8.11. The van der Waals surface area contributed by atoms with E-state index in [1.807, 2.05) is 0 Å². The zero-order chi connectivity index (χ0) is 14.2. The molecule has 20 heavy (non-hydrogen) atoms. The van der Waals surface area contributed by atoms with Gasteiger partial charge in [0, 0.05) is 43.5 Å². The van der Waals surface area contributed by atoms with Gasteiger partial charge in [-0.25, -0.2) is 0 Å². The number of hydrogen-bond acceptors (Lipinski definition) is 3. The largest absolute Gasteiger partial charge is 0.311 e. The fraction of sp³-hybridized carbons (Fsp3) is 0.812. The maximum atomic E-state index is 4.74. The lowest BCUT2D eigenvalue weighted by molar-refractivity contribution is 0.0380. The summed E-state index contributed by atoms with van der Waals surface area (Å²) in [6, 6.07) is 3.23. The van der Waals surface area contributed by atoms with E-state index in [1.54, 1.807) is 0 Å². The summed E-state index contributed by atoms with van der Waals surface area (Å²) >= 11 is 0. The molecule has 0 aromatic carbocycles. The summed E-state index contributed by atoms with van der Waals surface area (Å²) in [4.78, 5) is 2.70. The molecular weight excluding hydrogens is 248 g/mol. The zero-order valence-electron chi connectivity index (χ0n) is 13.1. The van der Waals surface area contributed by atoms with E-state index in [-0.39, 0.29) is 0 Å². The topological polar surface area (TPSA) is 33.1 Å². The molecule has 1 atom stereocenters. The molecule has 0 amide bonds. The van der Waals surface area contributed by atoms with Gasteiger partial charge in [-0.1, -0.05) is 12.8 Å². The second-order valence-electron chi connectivity index (χ2n) is 6.97. The zero-order valence-corrected chi connectivity index (χ0v) is 13.1. The third kappa shape index (κ3) is 2.63. The number of aromatic nitrogens is 2. The SMILES string of the molecule is CC1CN(Cc2ccn(C(C)C)n2)C2(CCCC2)CN1. The lowest BCUT2D eigenvalue weighted by Crippen LogP contribution is -2.62. The van der Waals surface area contributed by atoms with Crippen molar-refractivity contribution in [3.05, 3.63) is 18.0 Å². The van der Waals surface area contributed by atoms with E-state index in [9.17, 15) is 0 Å². The van der Waals surface area contributed by atoms with Gasteiger partial charge in [0.1, 0.15) is 0 Å². The summed E-state index contributed by atoms with van der Waals surface area (Å²) in [6.07, 6.45) is 7.57. The smallest absolute Gasteiger partial charge is 0.0765 e. The second-order valence-corrected chi connectivity index (χ2v) is 6.97. The van der Waals surface area contributed by atoms with Gasteiger partial charge in [-0.15, -0.1) is 0 Å². The molecule has 1 saturated heterocycles. The highest BCUT2D eigenvalue weighted by Crippen LogP contribution is 2.37. The summed E-state index contributed by atoms with van der Waals surface area (Å²) in [5, 5.41) is 8.42. The second kappa shape index (κ2) is 5.49. The molecule has 112 valence electrons. The predicted molar refractivity (Wildman–Crippen MR) is 81.7 cm³/mol. The fourth-order valence-electron chi connectivity index (χ4n) is 3.77. The first-order valence-corrected chi connectivity index (χ1v) is 8.11. The molecule has 2 aliphatic rings. The van der Waals surface area contributed by atoms with E-state index in [2.05, 4.69) is 47.9 Å². The van der Waals surface area contributed by atoms with Crippen LogP contribution in [0.1, 0.15) is 58.2 Å². The van der Waals surface area contributed by atoms with Crippen molar-refractivity contribution < 1.29 is 0 Å². The molecule has 1 aliphatic carbocycles. The highest BCUT2D eigenvalue weighted by Gasteiger charge is 2.42. The Balaban J connectivity index is 1.75. The molecular formula is C16H28N4. The Hall–Kier alpha value is -0.870. The monoisotopic (exact) mass is 276 g/mol. The van der Waals surface area contributed by atoms with Crippen LogP contribution in [0.4, 0.5) is 0 Å². The Morgan fingerprint density at radius 2 is 2.15 bits per heavy atom. The summed E-state index contributed by atoms with van der Waals surface area (Å²) in [5.41, 5.74) is 1.62. The van der Waals surface area contributed by atoms with E-state index in [0.717, 1.165) is 19.6 Å². The summed E-state index contributed by atoms with van der Waals surface area (Å²) in [5.74, 6) is 0. The Labute approximate surface area is 122 Å². The minimum Gasteiger partial charge on any atom is -0.311 e. The van der Waals surface area contributed by atoms with Gasteiger partial charge in [0.05, 0.1) is 5.69 Å². The number of rotatable bonds is 3. The van der Waals surface area contributed by atoms with Gasteiger partial charge in [-0.3, -0.25) is 9.58 Å². The van der Waals surface area contributed by atoms with Gasteiger partial charge >= 0.3 is 0 Å². The Morgan fingerprint density at radius 1 is 1.40 bits per heavy atom. The van der Waals surface area contributed by atoms with E-state index in [0.29, 0.717) is 17.6 Å². The van der Waals surface area contributed by atoms with Crippen LogP contribution in [0.3, 0.4) is 0 Å². The van der Waals surface area contributed by atoms with E-state index < -0.39 is 0 Å². The molecule has 4 heteroatoms. The van der Waals surface area contributed by atoms with Crippen molar-refractivity contribution in [2.24, 2.45) is 0 Å². The molecule has 1 saturated carbocycles. The molecule has 4 nitrogen and oxygen atoms in total. The fourth-order valence-corrected chi connectivity index (χ4v) is 3.77. The summed E-state index contributed by atoms with van der Waals surface area (Å²) < 4.78 is 2.07. The molecule has 2 heterocycles. The maximum absolute atomic E-state index is 4.74. The number of nitrogens with one attached hydrogen (secondary N) is 1. The van der Waals surface area contributed by atoms with E-state index in [1.165, 1.54) is 31.4 Å². The van der Waals surface area contributed by atoms with Crippen molar-refractivity contribution >= 4 is 0 Å². The van der Waals surface area contributed by atoms with Gasteiger partial charge in [-0.2, -0.15) is 5.10 Å². The Kier molecular flexibility index (Phi) is 3.87. The van der Waals surface area contributed by atoms with Crippen molar-refractivity contribution in [2.45, 2.75) is 70.6 Å². The van der Waals surface area contributed by atoms with E-state index in [4.69, 9.17) is 5.10 Å². The normalized spacial score (nSPS) is 26.7. The van der Waals surface area contributed by atoms with Crippen LogP contribution in [-0.2, 0) is 6.54 Å². The van der Waals surface area contributed by atoms with Gasteiger partial charge in [-0.05, 0) is 39.7 Å². The van der Waals surface area contributed by atoms with Crippen LogP contribution in [0.15, 0.2) is 12.3 Å². The average Bonchev–Trinajstić information content (AvgIpc) is 3.04. The first-order chi connectivity index (χ1) is 9.59. The van der Waals surface area contributed by atoms with Gasteiger partial charge in [0.15, 0.2) is 0 Å². The van der Waals surface area contributed by atoms with Crippen LogP contribution in [0, 0.1) is 0 Å². The summed E-state index contributed by atoms with van der Waals surface area (Å²) in [6.45, 7) is 9.96. The molecule has 1 aromatic rings. The lowest BCUT2D eigenvalue weighted by Gasteiger charge is -2.47. The van der Waals surface area contributed by atoms with Gasteiger partial charge in [0.2, 0.25) is 0 Å². The maximum Gasteiger partial charge on any atom is 0.0765 e. The van der Waals surface area contributed by atoms with Crippen LogP contribution >= 0.6 is 0 Å². The van der Waals surface area contributed by atoms with Crippen LogP contribution in [-0.4, -0.2) is 39.4 Å². The summed E-state index contributed by atoms with van der Waals surface area (Å²) in [7, 11) is 0. The highest BCUT2D eigenvalue weighted by molar-refractivity contribution is 5.06. The van der Waals surface area contributed by atoms with Crippen LogP contribution in [0.2, 0.25) is 0 Å². The van der Waals surface area contributed by atoms with E-state index >= 15 is 0 Å². The van der Waals surface area contributed by atoms with Crippen LogP contribution in [0.25, 0.3) is 0 Å². The molecule has 3 rings (SSSR count). The minimum atomic E-state index is 0.397.